The van der Waals surface area contributed by atoms with E-state index in [0.29, 0.717) is 19.3 Å². The molecule has 54 heavy (non-hydrogen) atoms. The Morgan fingerprint density at radius 3 is 1.17 bits per heavy atom. The minimum Gasteiger partial charge on any atom is -0.394 e. The van der Waals surface area contributed by atoms with Crippen LogP contribution in [0.15, 0.2) is 24.3 Å². The minimum atomic E-state index is -1.29. The molecule has 0 aromatic heterocycles. The summed E-state index contributed by atoms with van der Waals surface area (Å²) in [5, 5.41) is 43.5. The summed E-state index contributed by atoms with van der Waals surface area (Å²) in [5.74, 6) is -0.598. The highest BCUT2D eigenvalue weighted by molar-refractivity contribution is 5.80. The van der Waals surface area contributed by atoms with Crippen molar-refractivity contribution in [1.29, 1.82) is 0 Å². The second-order valence-corrected chi connectivity index (χ2v) is 16.4. The van der Waals surface area contributed by atoms with Gasteiger partial charge in [0, 0.05) is 0 Å². The minimum absolute atomic E-state index is 0.362. The zero-order valence-electron chi connectivity index (χ0n) is 36.0. The molecule has 0 spiro atoms. The van der Waals surface area contributed by atoms with E-state index in [4.69, 9.17) is 0 Å². The van der Waals surface area contributed by atoms with E-state index >= 15 is 0 Å². The number of allylic oxidation sites excluding steroid dienone is 4. The Hall–Kier alpha value is -1.21. The fourth-order valence-electron chi connectivity index (χ4n) is 7.36. The number of aliphatic hydroxyl groups is 4. The van der Waals surface area contributed by atoms with Gasteiger partial charge >= 0.3 is 0 Å². The summed E-state index contributed by atoms with van der Waals surface area (Å²) in [6, 6.07) is -1.00. The van der Waals surface area contributed by atoms with Gasteiger partial charge in [-0.1, -0.05) is 218 Å². The van der Waals surface area contributed by atoms with E-state index in [9.17, 15) is 25.2 Å². The fourth-order valence-corrected chi connectivity index (χ4v) is 7.36. The van der Waals surface area contributed by atoms with Gasteiger partial charge in [0.05, 0.1) is 18.8 Å². The van der Waals surface area contributed by atoms with Crippen LogP contribution in [0.2, 0.25) is 0 Å². The Kier molecular flexibility index (Phi) is 42.0. The van der Waals surface area contributed by atoms with Crippen LogP contribution in [0.4, 0.5) is 0 Å². The first-order valence-electron chi connectivity index (χ1n) is 23.7. The molecule has 0 aliphatic carbocycles. The second kappa shape index (κ2) is 42.9. The van der Waals surface area contributed by atoms with Crippen LogP contribution in [0, 0.1) is 0 Å². The SMILES string of the molecule is CCCCCCCCCCCCCCCCCCCCC/C=C/CC/C=C/CCCC(O)C(O)C(CO)NC(=O)C(O)CCCCCCCCCCCC. The molecule has 6 nitrogen and oxygen atoms in total. The fraction of sp³-hybridized carbons (Fsp3) is 0.896. The van der Waals surface area contributed by atoms with Crippen LogP contribution in [-0.4, -0.2) is 57.3 Å². The van der Waals surface area contributed by atoms with Gasteiger partial charge in [-0.2, -0.15) is 0 Å². The van der Waals surface area contributed by atoms with Crippen molar-refractivity contribution >= 4 is 5.91 Å². The normalized spacial score (nSPS) is 14.3. The monoisotopic (exact) mass is 764 g/mol. The van der Waals surface area contributed by atoms with Gasteiger partial charge in [-0.3, -0.25) is 4.79 Å². The molecule has 0 heterocycles. The molecule has 0 aliphatic rings. The summed E-state index contributed by atoms with van der Waals surface area (Å²) in [7, 11) is 0. The van der Waals surface area contributed by atoms with Gasteiger partial charge in [-0.15, -0.1) is 0 Å². The third-order valence-electron chi connectivity index (χ3n) is 11.1. The van der Waals surface area contributed by atoms with E-state index in [2.05, 4.69) is 43.5 Å². The van der Waals surface area contributed by atoms with Gasteiger partial charge in [-0.05, 0) is 51.4 Å². The molecule has 0 bridgehead atoms. The van der Waals surface area contributed by atoms with Crippen LogP contribution in [0.1, 0.15) is 245 Å². The average molecular weight is 764 g/mol. The highest BCUT2D eigenvalue weighted by Gasteiger charge is 2.28. The number of rotatable bonds is 43. The Bertz CT molecular complexity index is 817. The number of carbonyl (C=O) groups is 1. The summed E-state index contributed by atoms with van der Waals surface area (Å²) >= 11 is 0. The summed E-state index contributed by atoms with van der Waals surface area (Å²) < 4.78 is 0. The van der Waals surface area contributed by atoms with E-state index in [-0.39, 0.29) is 0 Å². The molecule has 0 fully saturated rings. The summed E-state index contributed by atoms with van der Waals surface area (Å²) in [5.41, 5.74) is 0. The topological polar surface area (TPSA) is 110 Å². The third-order valence-corrected chi connectivity index (χ3v) is 11.1. The Morgan fingerprint density at radius 1 is 0.444 bits per heavy atom. The lowest BCUT2D eigenvalue weighted by molar-refractivity contribution is -0.132. The average Bonchev–Trinajstić information content (AvgIpc) is 3.18. The standard InChI is InChI=1S/C48H93NO5/c1-3-5-7-9-11-13-15-16-17-18-19-20-21-22-23-24-25-26-27-28-29-30-31-32-34-35-37-39-41-45(51)47(53)44(43-50)49-48(54)46(52)42-40-38-36-33-14-12-10-8-6-4-2/h29-30,34-35,44-47,50-53H,3-28,31-33,36-43H2,1-2H3,(H,49,54)/b30-29+,35-34+. The molecule has 0 aliphatic heterocycles. The van der Waals surface area contributed by atoms with Crippen LogP contribution in [0.3, 0.4) is 0 Å². The summed E-state index contributed by atoms with van der Waals surface area (Å²) in [6.45, 7) is 4.02. The smallest absolute Gasteiger partial charge is 0.249 e. The first-order chi connectivity index (χ1) is 26.5. The maximum atomic E-state index is 12.4. The molecule has 4 unspecified atom stereocenters. The molecule has 4 atom stereocenters. The van der Waals surface area contributed by atoms with Crippen LogP contribution in [-0.2, 0) is 4.79 Å². The van der Waals surface area contributed by atoms with Crippen molar-refractivity contribution in [2.24, 2.45) is 0 Å². The Morgan fingerprint density at radius 2 is 0.778 bits per heavy atom. The van der Waals surface area contributed by atoms with Crippen LogP contribution in [0.5, 0.6) is 0 Å². The highest BCUT2D eigenvalue weighted by Crippen LogP contribution is 2.16. The predicted octanol–water partition coefficient (Wildman–Crippen LogP) is 12.7. The van der Waals surface area contributed by atoms with Crippen molar-refractivity contribution in [3.8, 4) is 0 Å². The molecule has 0 saturated carbocycles. The number of unbranched alkanes of at least 4 members (excludes halogenated alkanes) is 30. The number of nitrogens with one attached hydrogen (secondary N) is 1. The molecule has 0 aromatic rings. The maximum absolute atomic E-state index is 12.4. The molecule has 0 saturated heterocycles. The molecule has 0 aromatic carbocycles. The lowest BCUT2D eigenvalue weighted by Gasteiger charge is -2.27. The van der Waals surface area contributed by atoms with Crippen molar-refractivity contribution in [3.05, 3.63) is 24.3 Å². The third kappa shape index (κ3) is 36.4. The van der Waals surface area contributed by atoms with Crippen LogP contribution >= 0.6 is 0 Å². The highest BCUT2D eigenvalue weighted by atomic mass is 16.3. The Labute approximate surface area is 335 Å². The molecule has 5 N–H and O–H groups in total. The number of carbonyl (C=O) groups excluding carboxylic acids is 1. The number of amides is 1. The molecule has 0 rings (SSSR count). The van der Waals surface area contributed by atoms with Gasteiger partial charge in [0.15, 0.2) is 0 Å². The molecule has 6 heteroatoms. The largest absolute Gasteiger partial charge is 0.394 e. The first kappa shape index (κ1) is 52.8. The number of aliphatic hydroxyl groups excluding tert-OH is 4. The van der Waals surface area contributed by atoms with E-state index < -0.39 is 36.9 Å². The van der Waals surface area contributed by atoms with Gasteiger partial charge < -0.3 is 25.7 Å². The maximum Gasteiger partial charge on any atom is 0.249 e. The number of hydrogen-bond acceptors (Lipinski definition) is 5. The summed E-state index contributed by atoms with van der Waals surface area (Å²) in [4.78, 5) is 12.4. The van der Waals surface area contributed by atoms with E-state index in [1.54, 1.807) is 0 Å². The molecule has 0 radical (unpaired) electrons. The zero-order valence-corrected chi connectivity index (χ0v) is 36.0. The zero-order chi connectivity index (χ0) is 39.6. The molecule has 1 amide bonds. The lowest BCUT2D eigenvalue weighted by atomic mass is 10.00. The molecule has 320 valence electrons. The van der Waals surface area contributed by atoms with Crippen LogP contribution < -0.4 is 5.32 Å². The van der Waals surface area contributed by atoms with Gasteiger partial charge in [-0.25, -0.2) is 0 Å². The van der Waals surface area contributed by atoms with Gasteiger partial charge in [0.25, 0.3) is 0 Å². The summed E-state index contributed by atoms with van der Waals surface area (Å²) in [6.07, 6.45) is 49.6. The van der Waals surface area contributed by atoms with Crippen molar-refractivity contribution in [2.75, 3.05) is 6.61 Å². The van der Waals surface area contributed by atoms with Crippen LogP contribution in [0.25, 0.3) is 0 Å². The van der Waals surface area contributed by atoms with E-state index in [1.807, 2.05) is 0 Å². The van der Waals surface area contributed by atoms with Crippen molar-refractivity contribution in [1.82, 2.24) is 5.32 Å². The van der Waals surface area contributed by atoms with E-state index in [0.717, 1.165) is 38.5 Å². The molecular weight excluding hydrogens is 671 g/mol. The Balaban J connectivity index is 3.67. The van der Waals surface area contributed by atoms with Crippen molar-refractivity contribution < 1.29 is 25.2 Å². The van der Waals surface area contributed by atoms with Crippen molar-refractivity contribution in [2.45, 2.75) is 269 Å². The van der Waals surface area contributed by atoms with E-state index in [1.165, 1.54) is 173 Å². The quantitative estimate of drug-likeness (QED) is 0.0314. The predicted molar refractivity (Wildman–Crippen MR) is 233 cm³/mol. The van der Waals surface area contributed by atoms with Gasteiger partial charge in [0.1, 0.15) is 12.2 Å². The molecular formula is C48H93NO5. The lowest BCUT2D eigenvalue weighted by Crippen LogP contribution is -2.53. The van der Waals surface area contributed by atoms with Gasteiger partial charge in [0.2, 0.25) is 5.91 Å². The number of hydrogen-bond donors (Lipinski definition) is 5. The second-order valence-electron chi connectivity index (χ2n) is 16.4. The first-order valence-corrected chi connectivity index (χ1v) is 23.7. The van der Waals surface area contributed by atoms with Crippen molar-refractivity contribution in [3.63, 3.8) is 0 Å².